The molecule has 2 nitrogen and oxygen atoms in total. The third-order valence-electron chi connectivity index (χ3n) is 1.60. The van der Waals surface area contributed by atoms with E-state index in [1.165, 1.54) is 0 Å². The SMILES string of the molecule is Brc1ccc2c(c1)C=NCN2. The second kappa shape index (κ2) is 2.66. The number of hydrogen-bond acceptors (Lipinski definition) is 2. The highest BCUT2D eigenvalue weighted by Crippen LogP contribution is 2.20. The van der Waals surface area contributed by atoms with Crippen LogP contribution in [0, 0.1) is 0 Å². The number of nitrogens with one attached hydrogen (secondary N) is 1. The molecule has 1 N–H and O–H groups in total. The molecule has 0 aliphatic carbocycles. The van der Waals surface area contributed by atoms with Gasteiger partial charge in [0.25, 0.3) is 0 Å². The highest BCUT2D eigenvalue weighted by atomic mass is 79.9. The lowest BCUT2D eigenvalue weighted by atomic mass is 10.2. The molecule has 0 fully saturated rings. The van der Waals surface area contributed by atoms with E-state index in [-0.39, 0.29) is 0 Å². The Kier molecular flexibility index (Phi) is 1.66. The maximum Gasteiger partial charge on any atom is 0.107 e. The van der Waals surface area contributed by atoms with Crippen LogP contribution in [0.1, 0.15) is 5.56 Å². The molecule has 0 spiro atoms. The number of rotatable bonds is 0. The molecule has 0 aromatic heterocycles. The van der Waals surface area contributed by atoms with Crippen molar-refractivity contribution in [1.29, 1.82) is 0 Å². The molecule has 1 aromatic carbocycles. The second-order valence-corrected chi connectivity index (χ2v) is 3.29. The van der Waals surface area contributed by atoms with Crippen LogP contribution in [-0.2, 0) is 0 Å². The van der Waals surface area contributed by atoms with Gasteiger partial charge >= 0.3 is 0 Å². The smallest absolute Gasteiger partial charge is 0.107 e. The molecule has 0 unspecified atom stereocenters. The minimum atomic E-state index is 0.689. The number of fused-ring (bicyclic) bond motifs is 1. The molecule has 0 radical (unpaired) electrons. The zero-order valence-corrected chi connectivity index (χ0v) is 7.43. The van der Waals surface area contributed by atoms with Crippen LogP contribution in [0.25, 0.3) is 0 Å². The third kappa shape index (κ3) is 1.28. The number of benzene rings is 1. The number of nitrogens with zero attached hydrogens (tertiary/aromatic N) is 1. The van der Waals surface area contributed by atoms with Crippen molar-refractivity contribution in [2.45, 2.75) is 0 Å². The average Bonchev–Trinajstić information content (AvgIpc) is 2.04. The van der Waals surface area contributed by atoms with Gasteiger partial charge in [-0.15, -0.1) is 0 Å². The molecule has 3 heteroatoms. The molecule has 11 heavy (non-hydrogen) atoms. The van der Waals surface area contributed by atoms with Gasteiger partial charge in [0.15, 0.2) is 0 Å². The monoisotopic (exact) mass is 210 g/mol. The Morgan fingerprint density at radius 1 is 1.45 bits per heavy atom. The number of anilines is 1. The van der Waals surface area contributed by atoms with E-state index in [1.54, 1.807) is 0 Å². The van der Waals surface area contributed by atoms with Crippen LogP contribution in [-0.4, -0.2) is 12.9 Å². The van der Waals surface area contributed by atoms with E-state index >= 15 is 0 Å². The molecule has 0 atom stereocenters. The van der Waals surface area contributed by atoms with Gasteiger partial charge < -0.3 is 5.32 Å². The Hall–Kier alpha value is -0.830. The van der Waals surface area contributed by atoms with Gasteiger partial charge in [0.05, 0.1) is 0 Å². The molecule has 0 amide bonds. The summed E-state index contributed by atoms with van der Waals surface area (Å²) in [5.74, 6) is 0. The lowest BCUT2D eigenvalue weighted by Crippen LogP contribution is -2.06. The van der Waals surface area contributed by atoms with Gasteiger partial charge in [-0.3, -0.25) is 4.99 Å². The number of halogens is 1. The lowest BCUT2D eigenvalue weighted by molar-refractivity contribution is 1.13. The van der Waals surface area contributed by atoms with Gasteiger partial charge in [-0.25, -0.2) is 0 Å². The molecular weight excluding hydrogens is 204 g/mol. The fraction of sp³-hybridized carbons (Fsp3) is 0.125. The summed E-state index contributed by atoms with van der Waals surface area (Å²) in [6.07, 6.45) is 1.89. The van der Waals surface area contributed by atoms with Crippen molar-refractivity contribution >= 4 is 27.8 Å². The molecule has 1 heterocycles. The van der Waals surface area contributed by atoms with Crippen molar-refractivity contribution in [3.8, 4) is 0 Å². The van der Waals surface area contributed by atoms with Crippen molar-refractivity contribution in [2.75, 3.05) is 12.0 Å². The molecule has 1 aliphatic heterocycles. The predicted octanol–water partition coefficient (Wildman–Crippen LogP) is 2.25. The number of hydrogen-bond donors (Lipinski definition) is 1. The van der Waals surface area contributed by atoms with Crippen molar-refractivity contribution in [3.05, 3.63) is 28.2 Å². The standard InChI is InChI=1S/C8H7BrN2/c9-7-1-2-8-6(3-7)4-10-5-11-8/h1-4,11H,5H2. The van der Waals surface area contributed by atoms with Gasteiger partial charge in [-0.05, 0) is 18.2 Å². The first-order valence-corrected chi connectivity index (χ1v) is 4.19. The van der Waals surface area contributed by atoms with Crippen molar-refractivity contribution in [1.82, 2.24) is 0 Å². The fourth-order valence-electron chi connectivity index (χ4n) is 1.08. The quantitative estimate of drug-likeness (QED) is 0.699. The topological polar surface area (TPSA) is 24.4 Å². The Bertz CT molecular complexity index is 307. The van der Waals surface area contributed by atoms with E-state index in [0.29, 0.717) is 6.67 Å². The van der Waals surface area contributed by atoms with E-state index in [2.05, 4.69) is 26.2 Å². The zero-order valence-electron chi connectivity index (χ0n) is 5.84. The minimum absolute atomic E-state index is 0.689. The fourth-order valence-corrected chi connectivity index (χ4v) is 1.45. The molecule has 0 bridgehead atoms. The molecule has 56 valence electrons. The largest absolute Gasteiger partial charge is 0.366 e. The summed E-state index contributed by atoms with van der Waals surface area (Å²) in [5.41, 5.74) is 2.30. The summed E-state index contributed by atoms with van der Waals surface area (Å²) in [6.45, 7) is 0.689. The Balaban J connectivity index is 2.54. The van der Waals surface area contributed by atoms with Gasteiger partial charge in [0, 0.05) is 21.9 Å². The van der Waals surface area contributed by atoms with Crippen LogP contribution in [0.5, 0.6) is 0 Å². The van der Waals surface area contributed by atoms with E-state index in [4.69, 9.17) is 0 Å². The van der Waals surface area contributed by atoms with Crippen molar-refractivity contribution in [2.24, 2.45) is 4.99 Å². The second-order valence-electron chi connectivity index (χ2n) is 2.38. The summed E-state index contributed by atoms with van der Waals surface area (Å²) in [4.78, 5) is 4.10. The summed E-state index contributed by atoms with van der Waals surface area (Å²) < 4.78 is 1.09. The molecule has 0 saturated heterocycles. The van der Waals surface area contributed by atoms with Gasteiger partial charge in [0.1, 0.15) is 6.67 Å². The summed E-state index contributed by atoms with van der Waals surface area (Å²) in [6, 6.07) is 6.11. The molecule has 2 rings (SSSR count). The van der Waals surface area contributed by atoms with E-state index in [0.717, 1.165) is 15.7 Å². The molecular formula is C8H7BrN2. The van der Waals surface area contributed by atoms with Crippen LogP contribution in [0.3, 0.4) is 0 Å². The lowest BCUT2D eigenvalue weighted by Gasteiger charge is -2.11. The van der Waals surface area contributed by atoms with Crippen molar-refractivity contribution < 1.29 is 0 Å². The van der Waals surface area contributed by atoms with Crippen LogP contribution in [0.2, 0.25) is 0 Å². The first kappa shape index (κ1) is 6.85. The van der Waals surface area contributed by atoms with Crippen molar-refractivity contribution in [3.63, 3.8) is 0 Å². The maximum absolute atomic E-state index is 4.10. The van der Waals surface area contributed by atoms with E-state index in [9.17, 15) is 0 Å². The molecule has 1 aliphatic rings. The van der Waals surface area contributed by atoms with Gasteiger partial charge in [-0.2, -0.15) is 0 Å². The Labute approximate surface area is 73.5 Å². The van der Waals surface area contributed by atoms with Crippen LogP contribution in [0.15, 0.2) is 27.7 Å². The predicted molar refractivity (Wildman–Crippen MR) is 50.2 cm³/mol. The van der Waals surface area contributed by atoms with E-state index < -0.39 is 0 Å². The highest BCUT2D eigenvalue weighted by molar-refractivity contribution is 9.10. The first-order chi connectivity index (χ1) is 5.36. The summed E-state index contributed by atoms with van der Waals surface area (Å²) in [5, 5.41) is 3.17. The van der Waals surface area contributed by atoms with Gasteiger partial charge in [0.2, 0.25) is 0 Å². The molecule has 0 saturated carbocycles. The van der Waals surface area contributed by atoms with Crippen LogP contribution < -0.4 is 5.32 Å². The summed E-state index contributed by atoms with van der Waals surface area (Å²) >= 11 is 3.40. The molecule has 1 aromatic rings. The zero-order chi connectivity index (χ0) is 7.68. The summed E-state index contributed by atoms with van der Waals surface area (Å²) in [7, 11) is 0. The number of aliphatic imine (C=N–C) groups is 1. The average molecular weight is 211 g/mol. The van der Waals surface area contributed by atoms with Crippen LogP contribution >= 0.6 is 15.9 Å². The Morgan fingerprint density at radius 3 is 3.27 bits per heavy atom. The first-order valence-electron chi connectivity index (χ1n) is 3.39. The third-order valence-corrected chi connectivity index (χ3v) is 2.10. The van der Waals surface area contributed by atoms with Crippen LogP contribution in [0.4, 0.5) is 5.69 Å². The highest BCUT2D eigenvalue weighted by Gasteiger charge is 2.02. The maximum atomic E-state index is 4.10. The Morgan fingerprint density at radius 2 is 2.36 bits per heavy atom. The van der Waals surface area contributed by atoms with E-state index in [1.807, 2.05) is 24.4 Å². The van der Waals surface area contributed by atoms with Gasteiger partial charge in [-0.1, -0.05) is 15.9 Å². The normalized spacial score (nSPS) is 13.9. The minimum Gasteiger partial charge on any atom is -0.366 e.